The van der Waals surface area contributed by atoms with Crippen LogP contribution in [0.25, 0.3) is 0 Å². The third-order valence-electron chi connectivity index (χ3n) is 5.34. The normalized spacial score (nSPS) is 17.7. The molecule has 9 heteroatoms. The summed E-state index contributed by atoms with van der Waals surface area (Å²) < 4.78 is 14.0. The number of nitrogens with one attached hydrogen (secondary N) is 1. The number of hydrogen-bond donors (Lipinski definition) is 2. The van der Waals surface area contributed by atoms with Gasteiger partial charge in [0, 0.05) is 43.9 Å². The maximum Gasteiger partial charge on any atom is 0.322 e. The summed E-state index contributed by atoms with van der Waals surface area (Å²) in [6.07, 6.45) is 5.26. The number of anilines is 1. The van der Waals surface area contributed by atoms with Crippen molar-refractivity contribution >= 4 is 20.2 Å². The van der Waals surface area contributed by atoms with Gasteiger partial charge in [-0.15, -0.1) is 0 Å². The van der Waals surface area contributed by atoms with E-state index in [0.29, 0.717) is 12.5 Å². The third kappa shape index (κ3) is 4.74. The topological polar surface area (TPSA) is 99.6 Å². The van der Waals surface area contributed by atoms with Crippen LogP contribution in [0.3, 0.4) is 0 Å². The molecule has 8 nitrogen and oxygen atoms in total. The monoisotopic (exact) mass is 450 g/mol. The highest BCUT2D eigenvalue weighted by molar-refractivity contribution is 6.76. The van der Waals surface area contributed by atoms with Crippen LogP contribution in [-0.4, -0.2) is 35.6 Å². The zero-order chi connectivity index (χ0) is 22.8. The summed E-state index contributed by atoms with van der Waals surface area (Å²) in [6, 6.07) is 12.8. The molecule has 1 atom stereocenters. The molecule has 1 aliphatic heterocycles. The highest BCUT2D eigenvalue weighted by atomic mass is 28.3. The van der Waals surface area contributed by atoms with E-state index in [9.17, 15) is 0 Å². The van der Waals surface area contributed by atoms with E-state index in [0.717, 1.165) is 35.3 Å². The number of benzene rings is 1. The smallest absolute Gasteiger partial charge is 0.322 e. The molecule has 0 bridgehead atoms. The number of rotatable bonds is 8. The number of fused-ring (bicyclic) bond motifs is 1. The molecular weight excluding hydrogens is 420 g/mol. The molecule has 0 spiro atoms. The van der Waals surface area contributed by atoms with Gasteiger partial charge >= 0.3 is 6.01 Å². The molecule has 1 aromatic carbocycles. The van der Waals surface area contributed by atoms with Crippen molar-refractivity contribution in [2.75, 3.05) is 11.9 Å². The highest BCUT2D eigenvalue weighted by Gasteiger charge is 2.37. The number of aliphatic imine (C=N–C) groups is 1. The Morgan fingerprint density at radius 2 is 1.94 bits per heavy atom. The number of aryl methyl sites for hydroxylation is 1. The molecule has 0 aliphatic carbocycles. The lowest BCUT2D eigenvalue weighted by Gasteiger charge is -2.31. The van der Waals surface area contributed by atoms with Crippen molar-refractivity contribution in [3.63, 3.8) is 0 Å². The molecule has 1 unspecified atom stereocenters. The van der Waals surface area contributed by atoms with Crippen molar-refractivity contribution in [1.29, 1.82) is 0 Å². The first-order valence-electron chi connectivity index (χ1n) is 10.7. The molecule has 0 amide bonds. The number of nitrogens with two attached hydrogens (primary N) is 1. The van der Waals surface area contributed by atoms with Crippen LogP contribution in [0.4, 0.5) is 5.82 Å². The van der Waals surface area contributed by atoms with E-state index >= 15 is 0 Å². The van der Waals surface area contributed by atoms with Crippen LogP contribution < -0.4 is 15.8 Å². The van der Waals surface area contributed by atoms with Crippen molar-refractivity contribution in [2.45, 2.75) is 45.0 Å². The average molecular weight is 451 g/mol. The molecule has 2 aromatic heterocycles. The number of aromatic nitrogens is 3. The number of ether oxygens (including phenoxy) is 2. The van der Waals surface area contributed by atoms with Crippen molar-refractivity contribution in [2.24, 2.45) is 10.7 Å². The van der Waals surface area contributed by atoms with Gasteiger partial charge in [0.05, 0.1) is 6.34 Å². The summed E-state index contributed by atoms with van der Waals surface area (Å²) in [6.45, 7) is 10.1. The van der Waals surface area contributed by atoms with Crippen molar-refractivity contribution < 1.29 is 9.47 Å². The number of hydrogen-bond acceptors (Lipinski definition) is 7. The summed E-state index contributed by atoms with van der Waals surface area (Å²) in [5.74, 6) is 1.42. The molecule has 0 fully saturated rings. The van der Waals surface area contributed by atoms with Crippen molar-refractivity contribution in [3.05, 3.63) is 65.6 Å². The minimum atomic E-state index is -1.13. The van der Waals surface area contributed by atoms with Crippen LogP contribution >= 0.6 is 0 Å². The van der Waals surface area contributed by atoms with Gasteiger partial charge in [0.1, 0.15) is 18.3 Å². The zero-order valence-electron chi connectivity index (χ0n) is 19.0. The summed E-state index contributed by atoms with van der Waals surface area (Å²) in [7, 11) is -1.13. The van der Waals surface area contributed by atoms with Crippen LogP contribution in [0.2, 0.25) is 25.7 Å². The lowest BCUT2D eigenvalue weighted by Crippen LogP contribution is -2.39. The largest absolute Gasteiger partial charge is 0.424 e. The summed E-state index contributed by atoms with van der Waals surface area (Å²) in [5.41, 5.74) is 8.16. The van der Waals surface area contributed by atoms with Crippen LogP contribution in [0.5, 0.6) is 11.8 Å². The van der Waals surface area contributed by atoms with Gasteiger partial charge in [0.25, 0.3) is 0 Å². The first-order chi connectivity index (χ1) is 15.3. The van der Waals surface area contributed by atoms with E-state index in [1.807, 2.05) is 54.1 Å². The van der Waals surface area contributed by atoms with Gasteiger partial charge in [-0.05, 0) is 31.2 Å². The van der Waals surface area contributed by atoms with E-state index in [2.05, 4.69) is 39.9 Å². The average Bonchev–Trinajstić information content (AvgIpc) is 3.16. The van der Waals surface area contributed by atoms with Gasteiger partial charge in [0.15, 0.2) is 5.66 Å². The highest BCUT2D eigenvalue weighted by Crippen LogP contribution is 2.41. The zero-order valence-corrected chi connectivity index (χ0v) is 20.0. The van der Waals surface area contributed by atoms with Crippen LogP contribution in [0.15, 0.2) is 53.8 Å². The predicted octanol–water partition coefficient (Wildman–Crippen LogP) is 4.30. The summed E-state index contributed by atoms with van der Waals surface area (Å²) in [5, 5.41) is 3.22. The van der Waals surface area contributed by atoms with Crippen molar-refractivity contribution in [1.82, 2.24) is 14.5 Å². The van der Waals surface area contributed by atoms with Crippen molar-refractivity contribution in [3.8, 4) is 11.8 Å². The van der Waals surface area contributed by atoms with E-state index in [4.69, 9.17) is 15.2 Å². The first-order valence-corrected chi connectivity index (χ1v) is 14.4. The molecular formula is C23H30N6O2Si. The second-order valence-electron chi connectivity index (χ2n) is 9.14. The molecule has 1 aliphatic rings. The molecule has 0 radical (unpaired) electrons. The Morgan fingerprint density at radius 1 is 1.12 bits per heavy atom. The Labute approximate surface area is 189 Å². The lowest BCUT2D eigenvalue weighted by molar-refractivity contribution is 0.0887. The SMILES string of the molecule is Cc1ccnc(Oc2ccccc2C2(N)N=CNc3c2ccn3COCC[Si](C)(C)C)n1. The van der Waals surface area contributed by atoms with Gasteiger partial charge in [-0.3, -0.25) is 5.73 Å². The summed E-state index contributed by atoms with van der Waals surface area (Å²) >= 11 is 0. The quantitative estimate of drug-likeness (QED) is 0.392. The van der Waals surface area contributed by atoms with E-state index in [1.54, 1.807) is 12.5 Å². The minimum Gasteiger partial charge on any atom is -0.424 e. The maximum atomic E-state index is 6.89. The number of para-hydroxylation sites is 1. The molecule has 168 valence electrons. The Kier molecular flexibility index (Phi) is 6.14. The standard InChI is InChI=1S/C23H30N6O2Si/c1-17-9-11-25-22(28-17)31-20-8-6-5-7-18(20)23(24)19-10-12-29(21(19)26-15-27-23)16-30-13-14-32(2,3)4/h5-12,15H,13-14,16,24H2,1-4H3,(H,26,27). The molecule has 4 rings (SSSR count). The third-order valence-corrected chi connectivity index (χ3v) is 7.05. The van der Waals surface area contributed by atoms with Crippen LogP contribution in [0, 0.1) is 6.92 Å². The van der Waals surface area contributed by atoms with Gasteiger partial charge in [-0.2, -0.15) is 0 Å². The maximum absolute atomic E-state index is 6.89. The lowest BCUT2D eigenvalue weighted by atomic mass is 9.92. The van der Waals surface area contributed by atoms with Gasteiger partial charge in [-0.25, -0.2) is 15.0 Å². The fourth-order valence-electron chi connectivity index (χ4n) is 3.51. The molecule has 3 aromatic rings. The Balaban J connectivity index is 1.60. The molecule has 0 saturated carbocycles. The fourth-order valence-corrected chi connectivity index (χ4v) is 4.27. The molecule has 32 heavy (non-hydrogen) atoms. The van der Waals surface area contributed by atoms with Gasteiger partial charge in [0.2, 0.25) is 0 Å². The predicted molar refractivity (Wildman–Crippen MR) is 129 cm³/mol. The van der Waals surface area contributed by atoms with Crippen LogP contribution in [0.1, 0.15) is 16.8 Å². The van der Waals surface area contributed by atoms with Gasteiger partial charge in [-0.1, -0.05) is 37.8 Å². The molecule has 0 saturated heterocycles. The van der Waals surface area contributed by atoms with Gasteiger partial charge < -0.3 is 19.4 Å². The Bertz CT molecular complexity index is 1120. The Morgan fingerprint density at radius 3 is 2.72 bits per heavy atom. The molecule has 3 N–H and O–H groups in total. The Hall–Kier alpha value is -3.01. The minimum absolute atomic E-state index is 0.271. The van der Waals surface area contributed by atoms with E-state index in [1.165, 1.54) is 0 Å². The van der Waals surface area contributed by atoms with E-state index in [-0.39, 0.29) is 6.01 Å². The second kappa shape index (κ2) is 8.85. The van der Waals surface area contributed by atoms with E-state index < -0.39 is 13.7 Å². The van der Waals surface area contributed by atoms with Crippen LogP contribution in [-0.2, 0) is 17.1 Å². The number of nitrogens with zero attached hydrogens (tertiary/aromatic N) is 4. The second-order valence-corrected chi connectivity index (χ2v) is 14.8. The summed E-state index contributed by atoms with van der Waals surface area (Å²) in [4.78, 5) is 13.2. The fraction of sp³-hybridized carbons (Fsp3) is 0.348. The first kappa shape index (κ1) is 22.2. The molecule has 3 heterocycles.